The van der Waals surface area contributed by atoms with Crippen LogP contribution in [-0.2, 0) is 9.53 Å². The standard InChI is InChI=1S/C22H26N4O2S/c1-14-9-10-23-19(11-14)26-18-8-6-7-16(25-18)17-13-24-21(29-17)15(2)12-20(27)28-22(3,4)5/h6-11,13,15H,12H2,1-5H3,(H,23,25,26). The predicted molar refractivity (Wildman–Crippen MR) is 116 cm³/mol. The van der Waals surface area contributed by atoms with E-state index in [1.165, 1.54) is 0 Å². The second-order valence-electron chi connectivity index (χ2n) is 8.01. The number of carbonyl (C=O) groups is 1. The average Bonchev–Trinajstić information content (AvgIpc) is 3.10. The largest absolute Gasteiger partial charge is 0.460 e. The Labute approximate surface area is 175 Å². The highest BCUT2D eigenvalue weighted by molar-refractivity contribution is 7.15. The molecule has 3 heterocycles. The summed E-state index contributed by atoms with van der Waals surface area (Å²) in [6.45, 7) is 9.62. The number of rotatable bonds is 6. The van der Waals surface area contributed by atoms with Gasteiger partial charge in [-0.05, 0) is 57.5 Å². The second-order valence-corrected chi connectivity index (χ2v) is 9.07. The van der Waals surface area contributed by atoms with Crippen LogP contribution >= 0.6 is 11.3 Å². The first-order valence-corrected chi connectivity index (χ1v) is 10.4. The van der Waals surface area contributed by atoms with Crippen molar-refractivity contribution in [2.24, 2.45) is 0 Å². The number of esters is 1. The van der Waals surface area contributed by atoms with Crippen molar-refractivity contribution in [1.82, 2.24) is 15.0 Å². The maximum absolute atomic E-state index is 12.1. The van der Waals surface area contributed by atoms with Gasteiger partial charge in [-0.15, -0.1) is 11.3 Å². The van der Waals surface area contributed by atoms with E-state index in [0.29, 0.717) is 6.42 Å². The number of aryl methyl sites for hydroxylation is 1. The summed E-state index contributed by atoms with van der Waals surface area (Å²) in [5, 5.41) is 4.13. The van der Waals surface area contributed by atoms with Crippen molar-refractivity contribution in [3.05, 3.63) is 53.3 Å². The van der Waals surface area contributed by atoms with Crippen molar-refractivity contribution < 1.29 is 9.53 Å². The van der Waals surface area contributed by atoms with Gasteiger partial charge in [-0.2, -0.15) is 0 Å². The number of hydrogen-bond donors (Lipinski definition) is 1. The van der Waals surface area contributed by atoms with E-state index in [1.807, 2.05) is 71.1 Å². The van der Waals surface area contributed by atoms with E-state index in [2.05, 4.69) is 20.3 Å². The summed E-state index contributed by atoms with van der Waals surface area (Å²) in [5.74, 6) is 1.25. The van der Waals surface area contributed by atoms with Crippen LogP contribution in [0.5, 0.6) is 0 Å². The van der Waals surface area contributed by atoms with Crippen molar-refractivity contribution in [2.45, 2.75) is 52.6 Å². The molecule has 0 bridgehead atoms. The van der Waals surface area contributed by atoms with Gasteiger partial charge < -0.3 is 10.1 Å². The Hall–Kier alpha value is -2.80. The Morgan fingerprint density at radius 3 is 2.72 bits per heavy atom. The number of thiazole rings is 1. The zero-order chi connectivity index (χ0) is 21.0. The topological polar surface area (TPSA) is 77.0 Å². The van der Waals surface area contributed by atoms with E-state index in [9.17, 15) is 4.79 Å². The number of aromatic nitrogens is 3. The number of pyridine rings is 2. The third kappa shape index (κ3) is 6.09. The summed E-state index contributed by atoms with van der Waals surface area (Å²) in [4.78, 5) is 26.5. The minimum absolute atomic E-state index is 0.0126. The van der Waals surface area contributed by atoms with Gasteiger partial charge in [-0.3, -0.25) is 4.79 Å². The molecule has 3 rings (SSSR count). The molecule has 0 amide bonds. The number of nitrogens with one attached hydrogen (secondary N) is 1. The number of anilines is 2. The first-order valence-electron chi connectivity index (χ1n) is 9.54. The van der Waals surface area contributed by atoms with Gasteiger partial charge in [0.05, 0.1) is 22.0 Å². The Bertz CT molecular complexity index is 994. The van der Waals surface area contributed by atoms with Crippen molar-refractivity contribution >= 4 is 28.9 Å². The van der Waals surface area contributed by atoms with Crippen LogP contribution in [0.4, 0.5) is 11.6 Å². The maximum Gasteiger partial charge on any atom is 0.307 e. The van der Waals surface area contributed by atoms with Gasteiger partial charge in [0, 0.05) is 18.3 Å². The van der Waals surface area contributed by atoms with Crippen molar-refractivity contribution in [2.75, 3.05) is 5.32 Å². The smallest absolute Gasteiger partial charge is 0.307 e. The SMILES string of the molecule is Cc1ccnc(Nc2cccc(-c3cnc(C(C)CC(=O)OC(C)(C)C)s3)n2)c1. The van der Waals surface area contributed by atoms with Crippen molar-refractivity contribution in [3.8, 4) is 10.6 Å². The lowest BCUT2D eigenvalue weighted by molar-refractivity contribution is -0.155. The molecule has 6 nitrogen and oxygen atoms in total. The zero-order valence-corrected chi connectivity index (χ0v) is 18.2. The normalized spacial score (nSPS) is 12.4. The van der Waals surface area contributed by atoms with E-state index in [0.717, 1.165) is 32.8 Å². The molecule has 0 saturated heterocycles. The van der Waals surface area contributed by atoms with E-state index < -0.39 is 5.60 Å². The summed E-state index contributed by atoms with van der Waals surface area (Å²) in [7, 11) is 0. The van der Waals surface area contributed by atoms with Gasteiger partial charge in [0.15, 0.2) is 0 Å². The highest BCUT2D eigenvalue weighted by atomic mass is 32.1. The third-order valence-electron chi connectivity index (χ3n) is 4.01. The fourth-order valence-corrected chi connectivity index (χ4v) is 3.67. The quantitative estimate of drug-likeness (QED) is 0.542. The number of carbonyl (C=O) groups excluding carboxylic acids is 1. The summed E-state index contributed by atoms with van der Waals surface area (Å²) < 4.78 is 5.41. The number of nitrogens with zero attached hydrogens (tertiary/aromatic N) is 3. The summed E-state index contributed by atoms with van der Waals surface area (Å²) >= 11 is 1.55. The van der Waals surface area contributed by atoms with Gasteiger partial charge in [0.25, 0.3) is 0 Å². The molecule has 152 valence electrons. The molecular weight excluding hydrogens is 384 g/mol. The van der Waals surface area contributed by atoms with Gasteiger partial charge in [-0.25, -0.2) is 15.0 Å². The molecule has 0 radical (unpaired) electrons. The first kappa shape index (κ1) is 20.9. The molecule has 1 unspecified atom stereocenters. The van der Waals surface area contributed by atoms with Crippen LogP contribution in [0.1, 0.15) is 50.6 Å². The molecule has 1 N–H and O–H groups in total. The van der Waals surface area contributed by atoms with Gasteiger partial charge in [0.1, 0.15) is 17.2 Å². The molecular formula is C22H26N4O2S. The second kappa shape index (κ2) is 8.69. The monoisotopic (exact) mass is 410 g/mol. The molecule has 0 aliphatic carbocycles. The van der Waals surface area contributed by atoms with Crippen LogP contribution in [0.2, 0.25) is 0 Å². The molecule has 0 aliphatic heterocycles. The highest BCUT2D eigenvalue weighted by Crippen LogP contribution is 2.31. The summed E-state index contributed by atoms with van der Waals surface area (Å²) in [6.07, 6.45) is 3.88. The molecule has 0 fully saturated rings. The summed E-state index contributed by atoms with van der Waals surface area (Å²) in [6, 6.07) is 9.72. The molecule has 0 aromatic carbocycles. The number of hydrogen-bond acceptors (Lipinski definition) is 7. The lowest BCUT2D eigenvalue weighted by atomic mass is 10.1. The molecule has 0 spiro atoms. The number of ether oxygens (including phenoxy) is 1. The van der Waals surface area contributed by atoms with Crippen LogP contribution in [-0.4, -0.2) is 26.5 Å². The van der Waals surface area contributed by atoms with E-state index >= 15 is 0 Å². The Kier molecular flexibility index (Phi) is 6.27. The molecule has 0 aliphatic rings. The van der Waals surface area contributed by atoms with Gasteiger partial charge in [0.2, 0.25) is 0 Å². The van der Waals surface area contributed by atoms with E-state index in [4.69, 9.17) is 4.74 Å². The molecule has 3 aromatic rings. The molecule has 1 atom stereocenters. The fourth-order valence-electron chi connectivity index (χ4n) is 2.73. The van der Waals surface area contributed by atoms with Crippen LogP contribution in [0.15, 0.2) is 42.7 Å². The molecule has 29 heavy (non-hydrogen) atoms. The minimum atomic E-state index is -0.478. The minimum Gasteiger partial charge on any atom is -0.460 e. The van der Waals surface area contributed by atoms with E-state index in [1.54, 1.807) is 17.5 Å². The van der Waals surface area contributed by atoms with Crippen LogP contribution < -0.4 is 5.32 Å². The highest BCUT2D eigenvalue weighted by Gasteiger charge is 2.21. The molecule has 3 aromatic heterocycles. The first-order chi connectivity index (χ1) is 13.7. The molecule has 0 saturated carbocycles. The lowest BCUT2D eigenvalue weighted by Crippen LogP contribution is -2.24. The van der Waals surface area contributed by atoms with Crippen molar-refractivity contribution in [1.29, 1.82) is 0 Å². The average molecular weight is 411 g/mol. The van der Waals surface area contributed by atoms with Crippen LogP contribution in [0.3, 0.4) is 0 Å². The fraction of sp³-hybridized carbons (Fsp3) is 0.364. The molecule has 7 heteroatoms. The van der Waals surface area contributed by atoms with Crippen LogP contribution in [0.25, 0.3) is 10.6 Å². The van der Waals surface area contributed by atoms with Gasteiger partial charge in [-0.1, -0.05) is 13.0 Å². The summed E-state index contributed by atoms with van der Waals surface area (Å²) in [5.41, 5.74) is 1.48. The van der Waals surface area contributed by atoms with Crippen LogP contribution in [0, 0.1) is 6.92 Å². The Morgan fingerprint density at radius 2 is 2.00 bits per heavy atom. The third-order valence-corrected chi connectivity index (χ3v) is 5.26. The zero-order valence-electron chi connectivity index (χ0n) is 17.4. The Balaban J connectivity index is 1.70. The predicted octanol–water partition coefficient (Wildman–Crippen LogP) is 5.49. The lowest BCUT2D eigenvalue weighted by Gasteiger charge is -2.20. The van der Waals surface area contributed by atoms with Crippen molar-refractivity contribution in [3.63, 3.8) is 0 Å². The maximum atomic E-state index is 12.1. The Morgan fingerprint density at radius 1 is 1.21 bits per heavy atom. The van der Waals surface area contributed by atoms with Gasteiger partial charge >= 0.3 is 5.97 Å². The van der Waals surface area contributed by atoms with E-state index in [-0.39, 0.29) is 11.9 Å².